The van der Waals surface area contributed by atoms with Crippen LogP contribution in [0.25, 0.3) is 0 Å². The number of nitrogens with two attached hydrogens (primary N) is 1. The van der Waals surface area contributed by atoms with Gasteiger partial charge in [0.15, 0.2) is 0 Å². The minimum atomic E-state index is -3.73. The number of halogens is 2. The molecule has 1 fully saturated rings. The largest absolute Gasteiger partial charge is 0.330 e. The summed E-state index contributed by atoms with van der Waals surface area (Å²) in [5, 5.41) is 0. The summed E-state index contributed by atoms with van der Waals surface area (Å²) in [5.41, 5.74) is 5.63. The Kier molecular flexibility index (Phi) is 4.60. The summed E-state index contributed by atoms with van der Waals surface area (Å²) in [5.74, 6) is -0.424. The van der Waals surface area contributed by atoms with E-state index < -0.39 is 15.8 Å². The van der Waals surface area contributed by atoms with Crippen LogP contribution in [-0.2, 0) is 10.0 Å². The summed E-state index contributed by atoms with van der Waals surface area (Å²) < 4.78 is 40.7. The molecule has 0 saturated heterocycles. The second-order valence-electron chi connectivity index (χ2n) is 4.73. The topological polar surface area (TPSA) is 72.2 Å². The van der Waals surface area contributed by atoms with Crippen LogP contribution < -0.4 is 10.5 Å². The zero-order chi connectivity index (χ0) is 14.0. The van der Waals surface area contributed by atoms with Gasteiger partial charge in [-0.2, -0.15) is 0 Å². The Labute approximate surface area is 120 Å². The zero-order valence-electron chi connectivity index (χ0n) is 10.3. The molecule has 7 heteroatoms. The Bertz CT molecular complexity index is 565. The van der Waals surface area contributed by atoms with E-state index in [0.717, 1.165) is 25.3 Å². The van der Waals surface area contributed by atoms with Gasteiger partial charge in [0.05, 0.1) is 4.90 Å². The lowest BCUT2D eigenvalue weighted by atomic mass is 10.1. The summed E-state index contributed by atoms with van der Waals surface area (Å²) >= 11 is 3.14. The maximum absolute atomic E-state index is 13.2. The lowest BCUT2D eigenvalue weighted by molar-refractivity contribution is 0.452. The van der Waals surface area contributed by atoms with Gasteiger partial charge < -0.3 is 5.73 Å². The van der Waals surface area contributed by atoms with E-state index in [-0.39, 0.29) is 16.9 Å². The molecule has 2 unspecified atom stereocenters. The molecule has 1 aliphatic carbocycles. The fourth-order valence-corrected chi connectivity index (χ4v) is 4.73. The molecular formula is C12H16BrFN2O2S. The van der Waals surface area contributed by atoms with E-state index in [1.165, 1.54) is 12.1 Å². The number of hydrogen-bond acceptors (Lipinski definition) is 3. The highest BCUT2D eigenvalue weighted by molar-refractivity contribution is 9.10. The standard InChI is InChI=1S/C12H16BrFN2O2S/c13-10-5-4-9(14)6-12(10)19(17,18)16-11-3-1-2-8(11)7-15/h4-6,8,11,16H,1-3,7,15H2. The molecule has 4 nitrogen and oxygen atoms in total. The lowest BCUT2D eigenvalue weighted by Gasteiger charge is -2.19. The first-order chi connectivity index (χ1) is 8.94. The molecule has 19 heavy (non-hydrogen) atoms. The van der Waals surface area contributed by atoms with Gasteiger partial charge in [-0.15, -0.1) is 0 Å². The van der Waals surface area contributed by atoms with Crippen molar-refractivity contribution in [2.24, 2.45) is 11.7 Å². The van der Waals surface area contributed by atoms with Crippen molar-refractivity contribution in [1.29, 1.82) is 0 Å². The molecule has 0 aromatic heterocycles. The van der Waals surface area contributed by atoms with E-state index >= 15 is 0 Å². The second-order valence-corrected chi connectivity index (χ2v) is 7.27. The number of hydrogen-bond donors (Lipinski definition) is 2. The highest BCUT2D eigenvalue weighted by Crippen LogP contribution is 2.28. The normalized spacial score (nSPS) is 23.7. The van der Waals surface area contributed by atoms with Crippen LogP contribution in [0.15, 0.2) is 27.6 Å². The fourth-order valence-electron chi connectivity index (χ4n) is 2.42. The van der Waals surface area contributed by atoms with E-state index in [9.17, 15) is 12.8 Å². The van der Waals surface area contributed by atoms with Crippen LogP contribution in [-0.4, -0.2) is 21.0 Å². The molecule has 0 bridgehead atoms. The molecule has 0 spiro atoms. The molecule has 1 aromatic rings. The molecule has 1 saturated carbocycles. The molecule has 0 heterocycles. The minimum absolute atomic E-state index is 0.0739. The molecule has 1 aromatic carbocycles. The zero-order valence-corrected chi connectivity index (χ0v) is 12.7. The Morgan fingerprint density at radius 1 is 1.42 bits per heavy atom. The summed E-state index contributed by atoms with van der Waals surface area (Å²) in [6, 6.07) is 3.45. The minimum Gasteiger partial charge on any atom is -0.330 e. The van der Waals surface area contributed by atoms with Crippen molar-refractivity contribution < 1.29 is 12.8 Å². The van der Waals surface area contributed by atoms with E-state index in [0.29, 0.717) is 11.0 Å². The van der Waals surface area contributed by atoms with Crippen LogP contribution in [0.4, 0.5) is 4.39 Å². The Morgan fingerprint density at radius 3 is 2.84 bits per heavy atom. The molecule has 0 aliphatic heterocycles. The average Bonchev–Trinajstić information content (AvgIpc) is 2.78. The van der Waals surface area contributed by atoms with Gasteiger partial charge in [-0.3, -0.25) is 0 Å². The maximum atomic E-state index is 13.2. The van der Waals surface area contributed by atoms with Crippen molar-refractivity contribution in [3.8, 4) is 0 Å². The number of benzene rings is 1. The third-order valence-corrected chi connectivity index (χ3v) is 5.93. The fraction of sp³-hybridized carbons (Fsp3) is 0.500. The first-order valence-corrected chi connectivity index (χ1v) is 8.39. The number of rotatable bonds is 4. The van der Waals surface area contributed by atoms with Gasteiger partial charge in [0.1, 0.15) is 5.82 Å². The van der Waals surface area contributed by atoms with Gasteiger partial charge in [-0.05, 0) is 59.4 Å². The molecule has 2 atom stereocenters. The van der Waals surface area contributed by atoms with Crippen molar-refractivity contribution >= 4 is 26.0 Å². The Balaban J connectivity index is 2.25. The predicted molar refractivity (Wildman–Crippen MR) is 74.6 cm³/mol. The van der Waals surface area contributed by atoms with Crippen molar-refractivity contribution in [3.05, 3.63) is 28.5 Å². The maximum Gasteiger partial charge on any atom is 0.242 e. The first kappa shape index (κ1) is 14.9. The third kappa shape index (κ3) is 3.34. The summed E-state index contributed by atoms with van der Waals surface area (Å²) in [6.45, 7) is 0.456. The Hall–Kier alpha value is -0.500. The lowest BCUT2D eigenvalue weighted by Crippen LogP contribution is -2.39. The van der Waals surface area contributed by atoms with E-state index in [2.05, 4.69) is 20.7 Å². The average molecular weight is 351 g/mol. The molecule has 1 aliphatic rings. The van der Waals surface area contributed by atoms with Crippen molar-refractivity contribution in [1.82, 2.24) is 4.72 Å². The Morgan fingerprint density at radius 2 is 2.16 bits per heavy atom. The molecular weight excluding hydrogens is 335 g/mol. The van der Waals surface area contributed by atoms with Crippen LogP contribution >= 0.6 is 15.9 Å². The quantitative estimate of drug-likeness (QED) is 0.872. The summed E-state index contributed by atoms with van der Waals surface area (Å²) in [7, 11) is -3.73. The molecule has 3 N–H and O–H groups in total. The van der Waals surface area contributed by atoms with Crippen molar-refractivity contribution in [2.75, 3.05) is 6.54 Å². The monoisotopic (exact) mass is 350 g/mol. The van der Waals surface area contributed by atoms with E-state index in [1.54, 1.807) is 0 Å². The summed E-state index contributed by atoms with van der Waals surface area (Å²) in [6.07, 6.45) is 2.65. The van der Waals surface area contributed by atoms with E-state index in [4.69, 9.17) is 5.73 Å². The van der Waals surface area contributed by atoms with Crippen LogP contribution in [0.1, 0.15) is 19.3 Å². The van der Waals surface area contributed by atoms with Crippen LogP contribution in [0.2, 0.25) is 0 Å². The van der Waals surface area contributed by atoms with Crippen LogP contribution in [0.3, 0.4) is 0 Å². The molecule has 0 amide bonds. The molecule has 0 radical (unpaired) electrons. The van der Waals surface area contributed by atoms with Gasteiger partial charge in [0, 0.05) is 10.5 Å². The van der Waals surface area contributed by atoms with Crippen LogP contribution in [0, 0.1) is 11.7 Å². The van der Waals surface area contributed by atoms with Crippen molar-refractivity contribution in [3.63, 3.8) is 0 Å². The van der Waals surface area contributed by atoms with Gasteiger partial charge in [0.25, 0.3) is 0 Å². The SMILES string of the molecule is NCC1CCCC1NS(=O)(=O)c1cc(F)ccc1Br. The van der Waals surface area contributed by atoms with Gasteiger partial charge in [-0.1, -0.05) is 6.42 Å². The highest BCUT2D eigenvalue weighted by atomic mass is 79.9. The predicted octanol–water partition coefficient (Wildman–Crippen LogP) is 1.99. The van der Waals surface area contributed by atoms with E-state index in [1.807, 2.05) is 0 Å². The molecule has 106 valence electrons. The van der Waals surface area contributed by atoms with Crippen molar-refractivity contribution in [2.45, 2.75) is 30.2 Å². The first-order valence-electron chi connectivity index (χ1n) is 6.11. The van der Waals surface area contributed by atoms with Gasteiger partial charge >= 0.3 is 0 Å². The second kappa shape index (κ2) is 5.87. The summed E-state index contributed by atoms with van der Waals surface area (Å²) in [4.78, 5) is -0.0739. The third-order valence-electron chi connectivity index (χ3n) is 3.45. The van der Waals surface area contributed by atoms with Gasteiger partial charge in [0.2, 0.25) is 10.0 Å². The smallest absolute Gasteiger partial charge is 0.242 e. The van der Waals surface area contributed by atoms with Crippen LogP contribution in [0.5, 0.6) is 0 Å². The van der Waals surface area contributed by atoms with Gasteiger partial charge in [-0.25, -0.2) is 17.5 Å². The molecule has 2 rings (SSSR count). The number of nitrogens with one attached hydrogen (secondary N) is 1. The highest BCUT2D eigenvalue weighted by Gasteiger charge is 2.31. The number of sulfonamides is 1.